The molecular formula is C19H40N2O2. The fourth-order valence-corrected chi connectivity index (χ4v) is 3.15. The Morgan fingerprint density at radius 3 is 2.39 bits per heavy atom. The monoisotopic (exact) mass is 328 g/mol. The molecule has 1 aliphatic heterocycles. The molecule has 4 heteroatoms. The third-order valence-corrected chi connectivity index (χ3v) is 5.27. The minimum atomic E-state index is 0.0279. The molecule has 1 N–H and O–H groups in total. The van der Waals surface area contributed by atoms with Crippen LogP contribution in [0, 0.1) is 5.92 Å². The molecule has 4 nitrogen and oxygen atoms in total. The van der Waals surface area contributed by atoms with Gasteiger partial charge in [-0.15, -0.1) is 0 Å². The lowest BCUT2D eigenvalue weighted by atomic mass is 9.95. The highest BCUT2D eigenvalue weighted by molar-refractivity contribution is 4.85. The van der Waals surface area contributed by atoms with E-state index in [-0.39, 0.29) is 11.1 Å². The predicted octanol–water partition coefficient (Wildman–Crippen LogP) is 3.31. The van der Waals surface area contributed by atoms with E-state index in [1.807, 2.05) is 7.11 Å². The maximum absolute atomic E-state index is 5.49. The smallest absolute Gasteiger partial charge is 0.0622 e. The van der Waals surface area contributed by atoms with Crippen LogP contribution in [0.3, 0.4) is 0 Å². The lowest BCUT2D eigenvalue weighted by Crippen LogP contribution is -2.54. The summed E-state index contributed by atoms with van der Waals surface area (Å²) in [5, 5.41) is 3.66. The summed E-state index contributed by atoms with van der Waals surface area (Å²) in [6.07, 6.45) is 4.94. The van der Waals surface area contributed by atoms with E-state index in [1.165, 1.54) is 19.3 Å². The summed E-state index contributed by atoms with van der Waals surface area (Å²) in [7, 11) is 1.81. The Morgan fingerprint density at radius 1 is 1.13 bits per heavy atom. The lowest BCUT2D eigenvalue weighted by Gasteiger charge is -2.41. The summed E-state index contributed by atoms with van der Waals surface area (Å²) in [5.41, 5.74) is 0.246. The topological polar surface area (TPSA) is 33.7 Å². The van der Waals surface area contributed by atoms with Crippen LogP contribution >= 0.6 is 0 Å². The molecule has 0 aliphatic carbocycles. The zero-order valence-corrected chi connectivity index (χ0v) is 16.4. The van der Waals surface area contributed by atoms with Crippen molar-refractivity contribution in [1.29, 1.82) is 0 Å². The Bertz CT molecular complexity index is 312. The zero-order valence-electron chi connectivity index (χ0n) is 16.4. The highest BCUT2D eigenvalue weighted by Crippen LogP contribution is 2.20. The molecule has 0 aromatic rings. The van der Waals surface area contributed by atoms with Gasteiger partial charge in [0.2, 0.25) is 0 Å². The summed E-state index contributed by atoms with van der Waals surface area (Å²) in [6, 6.07) is 0. The van der Waals surface area contributed by atoms with Gasteiger partial charge in [0.05, 0.1) is 18.8 Å². The molecule has 0 aromatic heterocycles. The molecule has 1 heterocycles. The third-order valence-electron chi connectivity index (χ3n) is 5.27. The number of morpholine rings is 1. The second-order valence-electron chi connectivity index (χ2n) is 8.34. The number of nitrogens with zero attached hydrogens (tertiary/aromatic N) is 1. The fourth-order valence-electron chi connectivity index (χ4n) is 3.15. The molecule has 1 saturated heterocycles. The summed E-state index contributed by atoms with van der Waals surface area (Å²) >= 11 is 0. The first-order chi connectivity index (χ1) is 10.8. The molecule has 0 amide bonds. The highest BCUT2D eigenvalue weighted by Gasteiger charge is 2.27. The van der Waals surface area contributed by atoms with Crippen molar-refractivity contribution in [2.24, 2.45) is 5.92 Å². The molecule has 0 spiro atoms. The molecule has 0 radical (unpaired) electrons. The predicted molar refractivity (Wildman–Crippen MR) is 98.1 cm³/mol. The van der Waals surface area contributed by atoms with Crippen LogP contribution in [0.5, 0.6) is 0 Å². The van der Waals surface area contributed by atoms with Crippen molar-refractivity contribution in [3.63, 3.8) is 0 Å². The maximum atomic E-state index is 5.49. The van der Waals surface area contributed by atoms with E-state index < -0.39 is 0 Å². The van der Waals surface area contributed by atoms with Crippen molar-refractivity contribution >= 4 is 0 Å². The Labute approximate surface area is 144 Å². The van der Waals surface area contributed by atoms with Gasteiger partial charge in [0.25, 0.3) is 0 Å². The van der Waals surface area contributed by atoms with E-state index in [0.29, 0.717) is 0 Å². The van der Waals surface area contributed by atoms with E-state index in [0.717, 1.165) is 51.7 Å². The molecule has 1 atom stereocenters. The molecule has 1 rings (SSSR count). The van der Waals surface area contributed by atoms with Crippen molar-refractivity contribution in [2.45, 2.75) is 71.4 Å². The molecule has 0 unspecified atom stereocenters. The van der Waals surface area contributed by atoms with E-state index in [1.54, 1.807) is 0 Å². The largest absolute Gasteiger partial charge is 0.379 e. The normalized spacial score (nSPS) is 19.0. The summed E-state index contributed by atoms with van der Waals surface area (Å²) in [5.74, 6) is 0.779. The van der Waals surface area contributed by atoms with Gasteiger partial charge in [-0.25, -0.2) is 0 Å². The average Bonchev–Trinajstić information content (AvgIpc) is 2.52. The minimum Gasteiger partial charge on any atom is -0.379 e. The van der Waals surface area contributed by atoms with Crippen LogP contribution in [-0.2, 0) is 9.47 Å². The summed E-state index contributed by atoms with van der Waals surface area (Å²) in [4.78, 5) is 2.54. The van der Waals surface area contributed by atoms with Crippen molar-refractivity contribution in [1.82, 2.24) is 10.2 Å². The molecule has 0 saturated carbocycles. The van der Waals surface area contributed by atoms with Gasteiger partial charge in [-0.1, -0.05) is 19.8 Å². The Morgan fingerprint density at radius 2 is 1.78 bits per heavy atom. The van der Waals surface area contributed by atoms with Crippen molar-refractivity contribution in [3.05, 3.63) is 0 Å². The zero-order chi connectivity index (χ0) is 17.3. The molecule has 0 aromatic carbocycles. The standard InChI is InChI=1S/C19H40N2O2/c1-17(8-7-10-19(4,5)22-6)9-11-20-16-18(2,3)21-12-14-23-15-13-21/h17,20H,7-16H2,1-6H3/t17-/m0/s1. The first kappa shape index (κ1) is 20.9. The highest BCUT2D eigenvalue weighted by atomic mass is 16.5. The van der Waals surface area contributed by atoms with Crippen LogP contribution in [0.15, 0.2) is 0 Å². The number of ether oxygens (including phenoxy) is 2. The van der Waals surface area contributed by atoms with Gasteiger partial charge in [0.1, 0.15) is 0 Å². The number of methoxy groups -OCH3 is 1. The van der Waals surface area contributed by atoms with Gasteiger partial charge in [0.15, 0.2) is 0 Å². The summed E-state index contributed by atoms with van der Waals surface area (Å²) in [6.45, 7) is 17.4. The molecular weight excluding hydrogens is 288 g/mol. The number of hydrogen-bond acceptors (Lipinski definition) is 4. The fraction of sp³-hybridized carbons (Fsp3) is 1.00. The molecule has 138 valence electrons. The van der Waals surface area contributed by atoms with Crippen LogP contribution in [0.1, 0.15) is 60.3 Å². The Hall–Kier alpha value is -0.160. The van der Waals surface area contributed by atoms with E-state index >= 15 is 0 Å². The van der Waals surface area contributed by atoms with Crippen molar-refractivity contribution in [3.8, 4) is 0 Å². The van der Waals surface area contributed by atoms with Crippen molar-refractivity contribution in [2.75, 3.05) is 46.5 Å². The van der Waals surface area contributed by atoms with Gasteiger partial charge < -0.3 is 14.8 Å². The van der Waals surface area contributed by atoms with Crippen LogP contribution < -0.4 is 5.32 Å². The Balaban J connectivity index is 2.11. The van der Waals surface area contributed by atoms with Crippen molar-refractivity contribution < 1.29 is 9.47 Å². The summed E-state index contributed by atoms with van der Waals surface area (Å²) < 4.78 is 10.9. The quantitative estimate of drug-likeness (QED) is 0.590. The maximum Gasteiger partial charge on any atom is 0.0622 e. The van der Waals surface area contributed by atoms with Crippen LogP contribution in [-0.4, -0.2) is 62.5 Å². The van der Waals surface area contributed by atoms with Gasteiger partial charge in [0, 0.05) is 32.3 Å². The minimum absolute atomic E-state index is 0.0279. The van der Waals surface area contributed by atoms with Gasteiger partial charge >= 0.3 is 0 Å². The van der Waals surface area contributed by atoms with Gasteiger partial charge in [-0.3, -0.25) is 4.90 Å². The van der Waals surface area contributed by atoms with Crippen LogP contribution in [0.25, 0.3) is 0 Å². The number of rotatable bonds is 11. The SMILES string of the molecule is COC(C)(C)CCC[C@H](C)CCNCC(C)(C)N1CCOCC1. The molecule has 1 fully saturated rings. The first-order valence-corrected chi connectivity index (χ1v) is 9.35. The van der Waals surface area contributed by atoms with E-state index in [4.69, 9.17) is 9.47 Å². The van der Waals surface area contributed by atoms with Gasteiger partial charge in [-0.2, -0.15) is 0 Å². The Kier molecular flexibility index (Phi) is 9.06. The number of hydrogen-bond donors (Lipinski definition) is 1. The van der Waals surface area contributed by atoms with Gasteiger partial charge in [-0.05, 0) is 53.0 Å². The van der Waals surface area contributed by atoms with E-state index in [9.17, 15) is 0 Å². The third kappa shape index (κ3) is 8.48. The van der Waals surface area contributed by atoms with Crippen LogP contribution in [0.2, 0.25) is 0 Å². The lowest BCUT2D eigenvalue weighted by molar-refractivity contribution is -0.00960. The molecule has 23 heavy (non-hydrogen) atoms. The second-order valence-corrected chi connectivity index (χ2v) is 8.34. The molecule has 0 bridgehead atoms. The first-order valence-electron chi connectivity index (χ1n) is 9.35. The molecule has 1 aliphatic rings. The van der Waals surface area contributed by atoms with E-state index in [2.05, 4.69) is 44.8 Å². The average molecular weight is 329 g/mol. The van der Waals surface area contributed by atoms with Crippen LogP contribution in [0.4, 0.5) is 0 Å². The second kappa shape index (κ2) is 9.97. The number of nitrogens with one attached hydrogen (secondary N) is 1.